The first-order chi connectivity index (χ1) is 20.8. The molecule has 10 rings (SSSR count). The Labute approximate surface area is 249 Å². The number of allylic oxidation sites excluding steroid dienone is 4. The van der Waals surface area contributed by atoms with Crippen LogP contribution in [0, 0.1) is 11.8 Å². The Kier molecular flexibility index (Phi) is 4.51. The van der Waals surface area contributed by atoms with Gasteiger partial charge < -0.3 is 9.13 Å². The molecule has 3 heteroatoms. The van der Waals surface area contributed by atoms with Crippen LogP contribution in [-0.2, 0) is 0 Å². The molecule has 2 aromatic carbocycles. The summed E-state index contributed by atoms with van der Waals surface area (Å²) in [6.07, 6.45) is 24.5. The minimum atomic E-state index is 0.623. The third kappa shape index (κ3) is 2.89. The minimum absolute atomic E-state index is 0.623. The second kappa shape index (κ2) is 8.14. The van der Waals surface area contributed by atoms with E-state index in [2.05, 4.69) is 107 Å². The summed E-state index contributed by atoms with van der Waals surface area (Å²) in [4.78, 5) is 1.45. The first-order valence-electron chi connectivity index (χ1n) is 15.2. The molecule has 0 bridgehead atoms. The number of benzene rings is 2. The summed E-state index contributed by atoms with van der Waals surface area (Å²) in [5, 5.41) is 2.63. The van der Waals surface area contributed by atoms with Gasteiger partial charge >= 0.3 is 0 Å². The zero-order valence-corrected chi connectivity index (χ0v) is 24.2. The number of rotatable bonds is 4. The molecular weight excluding hydrogens is 529 g/mol. The van der Waals surface area contributed by atoms with Gasteiger partial charge in [0, 0.05) is 16.5 Å². The van der Waals surface area contributed by atoms with Gasteiger partial charge in [-0.1, -0.05) is 79.9 Å². The summed E-state index contributed by atoms with van der Waals surface area (Å²) in [7, 11) is 0. The van der Waals surface area contributed by atoms with E-state index < -0.39 is 0 Å². The quantitative estimate of drug-likeness (QED) is 0.208. The normalized spacial score (nSPS) is 24.0. The summed E-state index contributed by atoms with van der Waals surface area (Å²) >= 11 is 1.98. The first kappa shape index (κ1) is 23.2. The van der Waals surface area contributed by atoms with Crippen LogP contribution in [0.25, 0.3) is 62.8 Å². The van der Waals surface area contributed by atoms with Crippen LogP contribution in [0.3, 0.4) is 0 Å². The van der Waals surface area contributed by atoms with E-state index >= 15 is 0 Å². The molecule has 2 nitrogen and oxygen atoms in total. The lowest BCUT2D eigenvalue weighted by Gasteiger charge is -2.20. The zero-order chi connectivity index (χ0) is 27.7. The minimum Gasteiger partial charge on any atom is -0.308 e. The molecule has 2 saturated carbocycles. The van der Waals surface area contributed by atoms with Gasteiger partial charge in [0.15, 0.2) is 0 Å². The van der Waals surface area contributed by atoms with E-state index in [1.54, 1.807) is 11.1 Å². The number of aromatic nitrogens is 2. The molecule has 2 fully saturated rings. The highest BCUT2D eigenvalue weighted by Crippen LogP contribution is 2.61. The lowest BCUT2D eigenvalue weighted by Crippen LogP contribution is -2.08. The highest BCUT2D eigenvalue weighted by atomic mass is 32.1. The number of nitrogens with zero attached hydrogens (tertiary/aromatic N) is 2. The van der Waals surface area contributed by atoms with Crippen molar-refractivity contribution >= 4 is 68.4 Å². The van der Waals surface area contributed by atoms with E-state index in [0.29, 0.717) is 17.8 Å². The fraction of sp³-hybridized carbons (Fsp3) is 0.179. The Morgan fingerprint density at radius 1 is 0.786 bits per heavy atom. The second-order valence-electron chi connectivity index (χ2n) is 12.5. The van der Waals surface area contributed by atoms with Gasteiger partial charge in [-0.15, -0.1) is 11.3 Å². The summed E-state index contributed by atoms with van der Waals surface area (Å²) in [5.74, 6) is 2.66. The van der Waals surface area contributed by atoms with Crippen LogP contribution in [0.4, 0.5) is 0 Å². The van der Waals surface area contributed by atoms with Gasteiger partial charge in [-0.25, -0.2) is 0 Å². The Morgan fingerprint density at radius 3 is 2.52 bits per heavy atom. The fourth-order valence-corrected chi connectivity index (χ4v) is 9.61. The van der Waals surface area contributed by atoms with Crippen molar-refractivity contribution in [2.75, 3.05) is 0 Å². The predicted octanol–water partition coefficient (Wildman–Crippen LogP) is 10.5. The van der Waals surface area contributed by atoms with Gasteiger partial charge in [0.25, 0.3) is 0 Å². The van der Waals surface area contributed by atoms with E-state index in [1.165, 1.54) is 67.0 Å². The molecule has 5 aliphatic carbocycles. The van der Waals surface area contributed by atoms with Gasteiger partial charge in [0.2, 0.25) is 0 Å². The van der Waals surface area contributed by atoms with Crippen molar-refractivity contribution in [3.63, 3.8) is 0 Å². The molecule has 0 spiro atoms. The molecule has 0 amide bonds. The second-order valence-corrected chi connectivity index (χ2v) is 13.5. The van der Waals surface area contributed by atoms with Crippen molar-refractivity contribution in [1.82, 2.24) is 9.13 Å². The lowest BCUT2D eigenvalue weighted by atomic mass is 9.97. The molecule has 5 aromatic rings. The van der Waals surface area contributed by atoms with Gasteiger partial charge in [-0.2, -0.15) is 0 Å². The molecule has 202 valence electrons. The van der Waals surface area contributed by atoms with E-state index in [-0.39, 0.29) is 0 Å². The smallest absolute Gasteiger partial charge is 0.0640 e. The lowest BCUT2D eigenvalue weighted by molar-refractivity contribution is 0.943. The largest absolute Gasteiger partial charge is 0.308 e. The molecular formula is C39H30N2S. The van der Waals surface area contributed by atoms with Gasteiger partial charge in [0.05, 0.1) is 43.6 Å². The molecule has 42 heavy (non-hydrogen) atoms. The third-order valence-electron chi connectivity index (χ3n) is 10.2. The maximum absolute atomic E-state index is 4.23. The maximum Gasteiger partial charge on any atom is 0.0640 e. The van der Waals surface area contributed by atoms with Crippen molar-refractivity contribution in [1.29, 1.82) is 0 Å². The average molecular weight is 559 g/mol. The Morgan fingerprint density at radius 2 is 1.62 bits per heavy atom. The third-order valence-corrected chi connectivity index (χ3v) is 11.5. The molecule has 4 unspecified atom stereocenters. The molecule has 3 heterocycles. The number of thiophene rings is 1. The SMILES string of the molecule is C=Cc1c(C=C)n(-c2cccc3c4c(sc23)C(n2c3c(c5c2C=CC2CC52)C=CCC=C3)=CC2CC42)c2ccccc12. The maximum atomic E-state index is 4.23. The van der Waals surface area contributed by atoms with Crippen molar-refractivity contribution in [3.05, 3.63) is 124 Å². The van der Waals surface area contributed by atoms with Crippen LogP contribution in [0.2, 0.25) is 0 Å². The predicted molar refractivity (Wildman–Crippen MR) is 180 cm³/mol. The van der Waals surface area contributed by atoms with Gasteiger partial charge in [-0.05, 0) is 89.8 Å². The Hall–Kier alpha value is -4.34. The van der Waals surface area contributed by atoms with Crippen LogP contribution in [0.15, 0.2) is 79.9 Å². The highest BCUT2D eigenvalue weighted by molar-refractivity contribution is 7.20. The number of hydrogen-bond acceptors (Lipinski definition) is 1. The van der Waals surface area contributed by atoms with Crippen LogP contribution < -0.4 is 0 Å². The standard InChI is InChI=1S/C39H30N2S/c1-3-24-25-11-8-9-15-31(25)40(30(24)4-2)34-16-10-13-27-37-29-20-23(29)21-35(39(37)42-38(27)34)41-32-14-7-5-6-12-26(32)36-28-19-22(28)17-18-33(36)41/h3-4,6-18,21-23,28-29H,1-2,5,19-20H2. The van der Waals surface area contributed by atoms with Crippen molar-refractivity contribution < 1.29 is 0 Å². The van der Waals surface area contributed by atoms with E-state index in [1.807, 2.05) is 23.5 Å². The Bertz CT molecular complexity index is 2180. The monoisotopic (exact) mass is 558 g/mol. The van der Waals surface area contributed by atoms with Crippen LogP contribution in [0.1, 0.15) is 75.3 Å². The average Bonchev–Trinajstić information content (AvgIpc) is 3.91. The van der Waals surface area contributed by atoms with E-state index in [0.717, 1.165) is 23.6 Å². The molecule has 0 aliphatic heterocycles. The van der Waals surface area contributed by atoms with Crippen molar-refractivity contribution in [3.8, 4) is 5.69 Å². The van der Waals surface area contributed by atoms with Crippen LogP contribution in [0.5, 0.6) is 0 Å². The Balaban J connectivity index is 1.26. The fourth-order valence-electron chi connectivity index (χ4n) is 8.22. The molecule has 5 aliphatic rings. The highest BCUT2D eigenvalue weighted by Gasteiger charge is 2.47. The number of fused-ring (bicyclic) bond motifs is 11. The summed E-state index contributed by atoms with van der Waals surface area (Å²) in [6, 6.07) is 15.6. The molecule has 3 aromatic heterocycles. The van der Waals surface area contributed by atoms with E-state index in [9.17, 15) is 0 Å². The molecule has 4 atom stereocenters. The van der Waals surface area contributed by atoms with Crippen LogP contribution in [-0.4, -0.2) is 9.13 Å². The van der Waals surface area contributed by atoms with Gasteiger partial charge in [0.1, 0.15) is 0 Å². The molecule has 0 radical (unpaired) electrons. The summed E-state index contributed by atoms with van der Waals surface area (Å²) in [6.45, 7) is 8.40. The number of hydrogen-bond donors (Lipinski definition) is 0. The van der Waals surface area contributed by atoms with Gasteiger partial charge in [-0.3, -0.25) is 0 Å². The topological polar surface area (TPSA) is 9.86 Å². The van der Waals surface area contributed by atoms with Crippen molar-refractivity contribution in [2.45, 2.75) is 31.1 Å². The van der Waals surface area contributed by atoms with Crippen LogP contribution >= 0.6 is 11.3 Å². The number of para-hydroxylation sites is 1. The summed E-state index contributed by atoms with van der Waals surface area (Å²) in [5.41, 5.74) is 13.4. The molecule has 0 N–H and O–H groups in total. The first-order valence-corrected chi connectivity index (χ1v) is 16.0. The molecule has 0 saturated heterocycles. The zero-order valence-electron chi connectivity index (χ0n) is 23.4. The van der Waals surface area contributed by atoms with E-state index in [4.69, 9.17) is 0 Å². The summed E-state index contributed by atoms with van der Waals surface area (Å²) < 4.78 is 6.39. The van der Waals surface area contributed by atoms with Crippen molar-refractivity contribution in [2.24, 2.45) is 11.8 Å².